The molecule has 2 aromatic carbocycles. The van der Waals surface area contributed by atoms with E-state index in [0.717, 1.165) is 9.87 Å². The Labute approximate surface area is 182 Å². The number of carbonyl (C=O) groups excluding carboxylic acids is 1. The van der Waals surface area contributed by atoms with Crippen molar-refractivity contribution in [3.05, 3.63) is 65.7 Å². The lowest BCUT2D eigenvalue weighted by molar-refractivity contribution is -0.139. The SMILES string of the molecule is CCOC(=O)CS(=O)(=O)N(CC=Cc1cccc(C#N)c1)c1ccc(OCOC)cc1. The first-order valence-corrected chi connectivity index (χ1v) is 11.0. The second-order valence-corrected chi connectivity index (χ2v) is 8.17. The van der Waals surface area contributed by atoms with Crippen LogP contribution in [0.4, 0.5) is 5.69 Å². The van der Waals surface area contributed by atoms with Gasteiger partial charge in [0.05, 0.1) is 30.5 Å². The van der Waals surface area contributed by atoms with Gasteiger partial charge in [-0.25, -0.2) is 8.42 Å². The van der Waals surface area contributed by atoms with Gasteiger partial charge in [0.25, 0.3) is 0 Å². The Morgan fingerprint density at radius 2 is 1.94 bits per heavy atom. The van der Waals surface area contributed by atoms with Gasteiger partial charge < -0.3 is 14.2 Å². The first-order chi connectivity index (χ1) is 14.9. The highest BCUT2D eigenvalue weighted by atomic mass is 32.2. The molecule has 0 amide bonds. The van der Waals surface area contributed by atoms with Crippen molar-refractivity contribution in [2.24, 2.45) is 0 Å². The molecule has 0 spiro atoms. The molecule has 0 N–H and O–H groups in total. The molecule has 2 aromatic rings. The summed E-state index contributed by atoms with van der Waals surface area (Å²) in [6.45, 7) is 1.75. The molecule has 0 radical (unpaired) electrons. The number of anilines is 1. The van der Waals surface area contributed by atoms with Crippen LogP contribution >= 0.6 is 0 Å². The lowest BCUT2D eigenvalue weighted by Crippen LogP contribution is -2.36. The third kappa shape index (κ3) is 7.44. The number of benzene rings is 2. The van der Waals surface area contributed by atoms with Gasteiger partial charge in [0.2, 0.25) is 10.0 Å². The summed E-state index contributed by atoms with van der Waals surface area (Å²) >= 11 is 0. The van der Waals surface area contributed by atoms with Crippen LogP contribution in [0.15, 0.2) is 54.6 Å². The third-order valence-corrected chi connectivity index (χ3v) is 5.64. The van der Waals surface area contributed by atoms with E-state index in [1.54, 1.807) is 67.6 Å². The van der Waals surface area contributed by atoms with Crippen molar-refractivity contribution in [3.8, 4) is 11.8 Å². The van der Waals surface area contributed by atoms with Gasteiger partial charge in [-0.2, -0.15) is 5.26 Å². The number of esters is 1. The van der Waals surface area contributed by atoms with Gasteiger partial charge in [-0.1, -0.05) is 24.3 Å². The van der Waals surface area contributed by atoms with E-state index in [-0.39, 0.29) is 19.9 Å². The smallest absolute Gasteiger partial charge is 0.323 e. The van der Waals surface area contributed by atoms with E-state index >= 15 is 0 Å². The zero-order chi connectivity index (χ0) is 22.7. The first kappa shape index (κ1) is 23.9. The zero-order valence-corrected chi connectivity index (χ0v) is 18.2. The summed E-state index contributed by atoms with van der Waals surface area (Å²) in [4.78, 5) is 11.8. The van der Waals surface area contributed by atoms with Crippen molar-refractivity contribution in [2.75, 3.05) is 37.1 Å². The Morgan fingerprint density at radius 1 is 1.19 bits per heavy atom. The molecule has 0 aromatic heterocycles. The highest BCUT2D eigenvalue weighted by Gasteiger charge is 2.26. The second kappa shape index (κ2) is 11.7. The number of hydrogen-bond acceptors (Lipinski definition) is 7. The largest absolute Gasteiger partial charge is 0.468 e. The summed E-state index contributed by atoms with van der Waals surface area (Å²) in [5.74, 6) is -1.09. The fourth-order valence-electron chi connectivity index (χ4n) is 2.64. The number of methoxy groups -OCH3 is 1. The third-order valence-electron chi connectivity index (χ3n) is 4.01. The predicted octanol–water partition coefficient (Wildman–Crippen LogP) is 2.95. The number of nitriles is 1. The van der Waals surface area contributed by atoms with Gasteiger partial charge >= 0.3 is 5.97 Å². The summed E-state index contributed by atoms with van der Waals surface area (Å²) in [5.41, 5.74) is 1.62. The van der Waals surface area contributed by atoms with E-state index in [1.807, 2.05) is 0 Å². The van der Waals surface area contributed by atoms with E-state index in [9.17, 15) is 13.2 Å². The average Bonchev–Trinajstić information content (AvgIpc) is 2.75. The number of carbonyl (C=O) groups is 1. The molecule has 0 aliphatic rings. The molecule has 0 unspecified atom stereocenters. The fraction of sp³-hybridized carbons (Fsp3) is 0.273. The van der Waals surface area contributed by atoms with Crippen LogP contribution in [0.5, 0.6) is 5.75 Å². The Morgan fingerprint density at radius 3 is 2.58 bits per heavy atom. The summed E-state index contributed by atoms with van der Waals surface area (Å²) in [6, 6.07) is 15.4. The van der Waals surface area contributed by atoms with Crippen LogP contribution in [0, 0.1) is 11.3 Å². The zero-order valence-electron chi connectivity index (χ0n) is 17.4. The monoisotopic (exact) mass is 444 g/mol. The molecule has 0 fully saturated rings. The number of sulfonamides is 1. The lowest BCUT2D eigenvalue weighted by atomic mass is 10.1. The Bertz CT molecular complexity index is 1040. The molecule has 164 valence electrons. The molecule has 0 saturated heterocycles. The van der Waals surface area contributed by atoms with Crippen LogP contribution in [-0.4, -0.2) is 47.2 Å². The van der Waals surface area contributed by atoms with Crippen LogP contribution in [-0.2, 0) is 24.3 Å². The van der Waals surface area contributed by atoms with Crippen molar-refractivity contribution in [1.29, 1.82) is 5.26 Å². The normalized spacial score (nSPS) is 11.1. The van der Waals surface area contributed by atoms with Crippen molar-refractivity contribution in [1.82, 2.24) is 0 Å². The molecule has 0 heterocycles. The predicted molar refractivity (Wildman–Crippen MR) is 117 cm³/mol. The van der Waals surface area contributed by atoms with E-state index in [0.29, 0.717) is 17.0 Å². The topological polar surface area (TPSA) is 106 Å². The van der Waals surface area contributed by atoms with Gasteiger partial charge in [-0.15, -0.1) is 0 Å². The van der Waals surface area contributed by atoms with Crippen LogP contribution in [0.3, 0.4) is 0 Å². The van der Waals surface area contributed by atoms with Crippen LogP contribution < -0.4 is 9.04 Å². The molecule has 0 saturated carbocycles. The number of ether oxygens (including phenoxy) is 3. The molecular formula is C22H24N2O6S. The van der Waals surface area contributed by atoms with Crippen molar-refractivity contribution in [3.63, 3.8) is 0 Å². The van der Waals surface area contributed by atoms with Gasteiger partial charge in [0, 0.05) is 7.11 Å². The Balaban J connectivity index is 2.27. The minimum atomic E-state index is -4.00. The molecule has 0 aliphatic carbocycles. The van der Waals surface area contributed by atoms with Crippen molar-refractivity contribution < 1.29 is 27.4 Å². The number of nitrogens with zero attached hydrogens (tertiary/aromatic N) is 2. The highest BCUT2D eigenvalue weighted by Crippen LogP contribution is 2.23. The van der Waals surface area contributed by atoms with E-state index in [1.165, 1.54) is 7.11 Å². The maximum Gasteiger partial charge on any atom is 0.323 e. The van der Waals surface area contributed by atoms with Gasteiger partial charge in [0.1, 0.15) is 5.75 Å². The average molecular weight is 445 g/mol. The molecular weight excluding hydrogens is 420 g/mol. The minimum absolute atomic E-state index is 0.0171. The maximum absolute atomic E-state index is 12.9. The first-order valence-electron chi connectivity index (χ1n) is 9.44. The molecule has 2 rings (SSSR count). The molecule has 9 heteroatoms. The van der Waals surface area contributed by atoms with Crippen molar-refractivity contribution >= 4 is 27.8 Å². The van der Waals surface area contributed by atoms with Crippen molar-refractivity contribution in [2.45, 2.75) is 6.92 Å². The molecule has 8 nitrogen and oxygen atoms in total. The van der Waals surface area contributed by atoms with Gasteiger partial charge in [-0.05, 0) is 48.9 Å². The molecule has 0 atom stereocenters. The lowest BCUT2D eigenvalue weighted by Gasteiger charge is -2.23. The summed E-state index contributed by atoms with van der Waals surface area (Å²) in [7, 11) is -2.51. The molecule has 0 bridgehead atoms. The number of hydrogen-bond donors (Lipinski definition) is 0. The minimum Gasteiger partial charge on any atom is -0.468 e. The van der Waals surface area contributed by atoms with E-state index in [2.05, 4.69) is 6.07 Å². The van der Waals surface area contributed by atoms with Gasteiger partial charge in [-0.3, -0.25) is 9.10 Å². The summed E-state index contributed by atoms with van der Waals surface area (Å²) in [6.07, 6.45) is 3.36. The molecule has 0 aliphatic heterocycles. The standard InChI is InChI=1S/C22H24N2O6S/c1-3-29-22(25)16-31(26,27)24(20-9-11-21(12-10-20)30-17-28-2)13-5-8-18-6-4-7-19(14-18)15-23/h4-12,14H,3,13,16-17H2,1-2H3. The number of rotatable bonds is 11. The van der Waals surface area contributed by atoms with E-state index < -0.39 is 21.7 Å². The Hall–Kier alpha value is -3.35. The highest BCUT2D eigenvalue weighted by molar-refractivity contribution is 7.93. The van der Waals surface area contributed by atoms with Crippen LogP contribution in [0.25, 0.3) is 6.08 Å². The van der Waals surface area contributed by atoms with Gasteiger partial charge in [0.15, 0.2) is 12.5 Å². The summed E-state index contributed by atoms with van der Waals surface area (Å²) in [5, 5.41) is 9.01. The van der Waals surface area contributed by atoms with E-state index in [4.69, 9.17) is 19.5 Å². The van der Waals surface area contributed by atoms with Crippen LogP contribution in [0.2, 0.25) is 0 Å². The Kier molecular flexibility index (Phi) is 9.06. The van der Waals surface area contributed by atoms with Crippen LogP contribution in [0.1, 0.15) is 18.1 Å². The maximum atomic E-state index is 12.9. The fourth-order valence-corrected chi connectivity index (χ4v) is 3.93. The second-order valence-electron chi connectivity index (χ2n) is 6.28. The molecule has 31 heavy (non-hydrogen) atoms. The summed E-state index contributed by atoms with van der Waals surface area (Å²) < 4.78 is 41.9. The quantitative estimate of drug-likeness (QED) is 0.387.